The van der Waals surface area contributed by atoms with E-state index in [4.69, 9.17) is 9.47 Å². The molecule has 0 saturated carbocycles. The zero-order valence-corrected chi connectivity index (χ0v) is 14.0. The van der Waals surface area contributed by atoms with Crippen molar-refractivity contribution in [2.75, 3.05) is 26.0 Å². The Bertz CT molecular complexity index is 573. The van der Waals surface area contributed by atoms with E-state index in [1.54, 1.807) is 47.0 Å². The molecule has 1 aromatic carbocycles. The lowest BCUT2D eigenvalue weighted by atomic mass is 10.2. The van der Waals surface area contributed by atoms with Gasteiger partial charge < -0.3 is 14.4 Å². The fourth-order valence-corrected chi connectivity index (χ4v) is 1.45. The number of carbonyl (C=O) groups is 3. The van der Waals surface area contributed by atoms with Gasteiger partial charge in [-0.3, -0.25) is 10.1 Å². The maximum atomic E-state index is 11.8. The van der Waals surface area contributed by atoms with Gasteiger partial charge in [-0.2, -0.15) is 0 Å². The zero-order chi connectivity index (χ0) is 17.6. The molecule has 1 aromatic rings. The van der Waals surface area contributed by atoms with Gasteiger partial charge in [0.15, 0.2) is 6.61 Å². The lowest BCUT2D eigenvalue weighted by Gasteiger charge is -2.19. The summed E-state index contributed by atoms with van der Waals surface area (Å²) < 4.78 is 10.0. The summed E-state index contributed by atoms with van der Waals surface area (Å²) in [5.74, 6) is -0.911. The molecule has 0 spiro atoms. The van der Waals surface area contributed by atoms with Crippen molar-refractivity contribution in [2.24, 2.45) is 0 Å². The third-order valence-corrected chi connectivity index (χ3v) is 2.59. The van der Waals surface area contributed by atoms with E-state index in [-0.39, 0.29) is 18.1 Å². The van der Waals surface area contributed by atoms with Crippen molar-refractivity contribution in [3.63, 3.8) is 0 Å². The van der Waals surface area contributed by atoms with Crippen LogP contribution in [-0.2, 0) is 14.3 Å². The first-order valence-electron chi connectivity index (χ1n) is 7.06. The van der Waals surface area contributed by atoms with E-state index in [0.717, 1.165) is 0 Å². The highest BCUT2D eigenvalue weighted by Gasteiger charge is 2.16. The van der Waals surface area contributed by atoms with Crippen LogP contribution in [0, 0.1) is 0 Å². The van der Waals surface area contributed by atoms with E-state index in [1.165, 1.54) is 17.0 Å². The number of nitrogens with one attached hydrogen (secondary N) is 1. The summed E-state index contributed by atoms with van der Waals surface area (Å²) in [7, 11) is 3.15. The first kappa shape index (κ1) is 18.5. The summed E-state index contributed by atoms with van der Waals surface area (Å²) in [6.45, 7) is 4.98. The highest BCUT2D eigenvalue weighted by Crippen LogP contribution is 2.13. The van der Waals surface area contributed by atoms with Crippen LogP contribution >= 0.6 is 0 Å². The molecule has 1 N–H and O–H groups in total. The van der Waals surface area contributed by atoms with Crippen LogP contribution in [0.1, 0.15) is 31.1 Å². The molecule has 0 fully saturated rings. The van der Waals surface area contributed by atoms with Crippen LogP contribution in [0.25, 0.3) is 0 Å². The topological polar surface area (TPSA) is 84.9 Å². The minimum absolute atomic E-state index is 0.284. The largest absolute Gasteiger partial charge is 0.452 e. The van der Waals surface area contributed by atoms with Crippen molar-refractivity contribution in [3.05, 3.63) is 29.8 Å². The molecule has 0 radical (unpaired) electrons. The molecule has 23 heavy (non-hydrogen) atoms. The number of hydrogen-bond donors (Lipinski definition) is 1. The predicted molar refractivity (Wildman–Crippen MR) is 85.3 cm³/mol. The summed E-state index contributed by atoms with van der Waals surface area (Å²) in [4.78, 5) is 36.1. The highest BCUT2D eigenvalue weighted by atomic mass is 16.6. The average Bonchev–Trinajstić information content (AvgIpc) is 2.42. The van der Waals surface area contributed by atoms with Crippen molar-refractivity contribution in [1.82, 2.24) is 4.90 Å². The Kier molecular flexibility index (Phi) is 6.12. The van der Waals surface area contributed by atoms with Gasteiger partial charge >= 0.3 is 12.1 Å². The number of hydrogen-bond acceptors (Lipinski definition) is 5. The Hall–Kier alpha value is -2.57. The quantitative estimate of drug-likeness (QED) is 0.860. The van der Waals surface area contributed by atoms with Crippen LogP contribution < -0.4 is 5.32 Å². The number of likely N-dealkylation sites (N-methyl/N-ethyl adjacent to an activating group) is 1. The van der Waals surface area contributed by atoms with Gasteiger partial charge in [0, 0.05) is 19.8 Å². The average molecular weight is 322 g/mol. The lowest BCUT2D eigenvalue weighted by Crippen LogP contribution is -2.27. The van der Waals surface area contributed by atoms with Crippen LogP contribution in [0.4, 0.5) is 10.5 Å². The molecule has 0 bridgehead atoms. The Morgan fingerprint density at radius 3 is 2.13 bits per heavy atom. The third-order valence-electron chi connectivity index (χ3n) is 2.59. The molecule has 0 aliphatic heterocycles. The SMILES string of the molecule is CN(C)C(=O)COC(=O)c1ccc(NC(=O)OC(C)(C)C)cc1. The van der Waals surface area contributed by atoms with Gasteiger partial charge in [0.1, 0.15) is 5.60 Å². The van der Waals surface area contributed by atoms with Crippen LogP contribution in [0.2, 0.25) is 0 Å². The summed E-state index contributed by atoms with van der Waals surface area (Å²) in [6, 6.07) is 6.09. The van der Waals surface area contributed by atoms with Crippen molar-refractivity contribution < 1.29 is 23.9 Å². The van der Waals surface area contributed by atoms with E-state index >= 15 is 0 Å². The number of anilines is 1. The molecule has 2 amide bonds. The van der Waals surface area contributed by atoms with Gasteiger partial charge in [-0.15, -0.1) is 0 Å². The Labute approximate surface area is 135 Å². The van der Waals surface area contributed by atoms with Crippen LogP contribution in [0.3, 0.4) is 0 Å². The molecule has 7 heteroatoms. The van der Waals surface area contributed by atoms with Crippen LogP contribution in [-0.4, -0.2) is 49.2 Å². The van der Waals surface area contributed by atoms with Crippen molar-refractivity contribution in [2.45, 2.75) is 26.4 Å². The molecule has 0 aromatic heterocycles. The molecule has 0 unspecified atom stereocenters. The highest BCUT2D eigenvalue weighted by molar-refractivity contribution is 5.92. The number of nitrogens with zero attached hydrogens (tertiary/aromatic N) is 1. The Morgan fingerprint density at radius 2 is 1.65 bits per heavy atom. The maximum absolute atomic E-state index is 11.8. The smallest absolute Gasteiger partial charge is 0.412 e. The van der Waals surface area contributed by atoms with E-state index < -0.39 is 17.7 Å². The Balaban J connectivity index is 2.57. The molecular formula is C16H22N2O5. The normalized spacial score (nSPS) is 10.7. The van der Waals surface area contributed by atoms with Gasteiger partial charge in [-0.25, -0.2) is 9.59 Å². The van der Waals surface area contributed by atoms with Gasteiger partial charge in [0.25, 0.3) is 5.91 Å². The second-order valence-electron chi connectivity index (χ2n) is 6.07. The van der Waals surface area contributed by atoms with Gasteiger partial charge in [-0.1, -0.05) is 0 Å². The first-order chi connectivity index (χ1) is 10.6. The number of esters is 1. The molecule has 0 saturated heterocycles. The van der Waals surface area contributed by atoms with Gasteiger partial charge in [0.05, 0.1) is 5.56 Å². The van der Waals surface area contributed by atoms with E-state index in [2.05, 4.69) is 5.32 Å². The van der Waals surface area contributed by atoms with Crippen molar-refractivity contribution in [3.8, 4) is 0 Å². The summed E-state index contributed by atoms with van der Waals surface area (Å²) in [5, 5.41) is 2.56. The summed E-state index contributed by atoms with van der Waals surface area (Å²) >= 11 is 0. The molecule has 0 heterocycles. The minimum Gasteiger partial charge on any atom is -0.452 e. The number of amides is 2. The summed E-state index contributed by atoms with van der Waals surface area (Å²) in [6.07, 6.45) is -0.579. The van der Waals surface area contributed by atoms with E-state index in [1.807, 2.05) is 0 Å². The molecule has 7 nitrogen and oxygen atoms in total. The molecule has 0 atom stereocenters. The van der Waals surface area contributed by atoms with Crippen molar-refractivity contribution >= 4 is 23.7 Å². The molecular weight excluding hydrogens is 300 g/mol. The predicted octanol–water partition coefficient (Wildman–Crippen LogP) is 2.28. The zero-order valence-electron chi connectivity index (χ0n) is 14.0. The first-order valence-corrected chi connectivity index (χ1v) is 7.06. The number of benzene rings is 1. The second-order valence-corrected chi connectivity index (χ2v) is 6.07. The van der Waals surface area contributed by atoms with Crippen LogP contribution in [0.15, 0.2) is 24.3 Å². The van der Waals surface area contributed by atoms with Gasteiger partial charge in [-0.05, 0) is 45.0 Å². The molecule has 1 rings (SSSR count). The second kappa shape index (κ2) is 7.62. The monoisotopic (exact) mass is 322 g/mol. The Morgan fingerprint density at radius 1 is 1.09 bits per heavy atom. The number of rotatable bonds is 4. The fourth-order valence-electron chi connectivity index (χ4n) is 1.45. The molecule has 0 aliphatic carbocycles. The fraction of sp³-hybridized carbons (Fsp3) is 0.438. The third kappa shape index (κ3) is 6.82. The molecule has 0 aliphatic rings. The van der Waals surface area contributed by atoms with Crippen molar-refractivity contribution in [1.29, 1.82) is 0 Å². The minimum atomic E-state index is -0.607. The van der Waals surface area contributed by atoms with E-state index in [0.29, 0.717) is 5.69 Å². The van der Waals surface area contributed by atoms with Crippen LogP contribution in [0.5, 0.6) is 0 Å². The maximum Gasteiger partial charge on any atom is 0.412 e. The van der Waals surface area contributed by atoms with Gasteiger partial charge in [0.2, 0.25) is 0 Å². The lowest BCUT2D eigenvalue weighted by molar-refractivity contribution is -0.131. The molecule has 126 valence electrons. The van der Waals surface area contributed by atoms with E-state index in [9.17, 15) is 14.4 Å². The number of carbonyl (C=O) groups excluding carboxylic acids is 3. The summed E-state index contributed by atoms with van der Waals surface area (Å²) in [5.41, 5.74) is 0.179. The standard InChI is InChI=1S/C16H22N2O5/c1-16(2,3)23-15(21)17-12-8-6-11(7-9-12)14(20)22-10-13(19)18(4)5/h6-9H,10H2,1-5H3,(H,17,21). The number of ether oxygens (including phenoxy) is 2.